The highest BCUT2D eigenvalue weighted by Gasteiger charge is 2.54. The molecule has 7 heteroatoms. The Bertz CT molecular complexity index is 477. The molecule has 0 bridgehead atoms. The quantitative estimate of drug-likeness (QED) is 0.760. The van der Waals surface area contributed by atoms with Crippen LogP contribution in [0, 0.1) is 0 Å². The zero-order chi connectivity index (χ0) is 14.4. The van der Waals surface area contributed by atoms with Crippen LogP contribution in [0.25, 0.3) is 0 Å². The lowest BCUT2D eigenvalue weighted by Crippen LogP contribution is -2.50. The van der Waals surface area contributed by atoms with Crippen molar-refractivity contribution in [2.24, 2.45) is 0 Å². The highest BCUT2D eigenvalue weighted by atomic mass is 16.8. The summed E-state index contributed by atoms with van der Waals surface area (Å²) in [5.74, 6) is 0. The van der Waals surface area contributed by atoms with Gasteiger partial charge in [0.25, 0.3) is 0 Å². The molecule has 0 saturated carbocycles. The molecule has 0 spiro atoms. The van der Waals surface area contributed by atoms with Crippen molar-refractivity contribution in [2.45, 2.75) is 44.7 Å². The Balaban J connectivity index is 1.86. The second-order valence-electron chi connectivity index (χ2n) is 5.14. The molecule has 0 aliphatic carbocycles. The third kappa shape index (κ3) is 2.03. The minimum atomic E-state index is -0.620. The first-order valence-electron chi connectivity index (χ1n) is 6.55. The Morgan fingerprint density at radius 3 is 2.80 bits per heavy atom. The van der Waals surface area contributed by atoms with Gasteiger partial charge < -0.3 is 24.6 Å². The average molecular weight is 282 g/mol. The number of allylic oxidation sites excluding steroid dienone is 1. The maximum Gasteiger partial charge on any atom is 0.328 e. The van der Waals surface area contributed by atoms with Crippen LogP contribution in [0.4, 0.5) is 4.79 Å². The van der Waals surface area contributed by atoms with Crippen LogP contribution in [0.5, 0.6) is 0 Å². The number of nitrogens with one attached hydrogen (secondary N) is 1. The Morgan fingerprint density at radius 1 is 1.40 bits per heavy atom. The number of hydrogen-bond acceptors (Lipinski definition) is 5. The van der Waals surface area contributed by atoms with Gasteiger partial charge in [-0.3, -0.25) is 4.90 Å². The van der Waals surface area contributed by atoms with Crippen molar-refractivity contribution in [2.75, 3.05) is 6.61 Å². The summed E-state index contributed by atoms with van der Waals surface area (Å²) in [6.07, 6.45) is -0.602. The second kappa shape index (κ2) is 4.85. The van der Waals surface area contributed by atoms with Gasteiger partial charge in [-0.05, 0) is 19.4 Å². The highest BCUT2D eigenvalue weighted by Crippen LogP contribution is 2.36. The molecule has 1 unspecified atom stereocenters. The number of nitrogens with zero attached hydrogens (tertiary/aromatic N) is 1. The molecule has 2 N–H and O–H groups in total. The van der Waals surface area contributed by atoms with E-state index in [1.807, 2.05) is 6.92 Å². The van der Waals surface area contributed by atoms with E-state index in [4.69, 9.17) is 14.2 Å². The van der Waals surface area contributed by atoms with Gasteiger partial charge in [0, 0.05) is 11.9 Å². The molecule has 3 aliphatic rings. The molecule has 110 valence electrons. The first kappa shape index (κ1) is 13.6. The van der Waals surface area contributed by atoms with E-state index in [9.17, 15) is 9.90 Å². The normalized spacial score (nSPS) is 40.6. The van der Waals surface area contributed by atoms with Gasteiger partial charge in [-0.15, -0.1) is 0 Å². The van der Waals surface area contributed by atoms with Gasteiger partial charge in [-0.1, -0.05) is 6.58 Å². The fraction of sp³-hybridized carbons (Fsp3) is 0.615. The number of carbonyl (C=O) groups is 1. The number of hydrogen-bond donors (Lipinski definition) is 2. The Hall–Kier alpha value is -1.41. The van der Waals surface area contributed by atoms with Crippen molar-refractivity contribution in [1.82, 2.24) is 10.2 Å². The highest BCUT2D eigenvalue weighted by molar-refractivity contribution is 5.80. The number of urea groups is 1. The molecule has 0 aromatic rings. The summed E-state index contributed by atoms with van der Waals surface area (Å²) in [5, 5.41) is 12.0. The van der Waals surface area contributed by atoms with Crippen LogP contribution in [-0.4, -0.2) is 53.5 Å². The maximum absolute atomic E-state index is 12.1. The van der Waals surface area contributed by atoms with Gasteiger partial charge in [-0.2, -0.15) is 0 Å². The number of aliphatic hydroxyl groups excluding tert-OH is 1. The number of amides is 2. The second-order valence-corrected chi connectivity index (χ2v) is 5.14. The minimum Gasteiger partial charge on any atom is -0.394 e. The van der Waals surface area contributed by atoms with Gasteiger partial charge in [0.2, 0.25) is 0 Å². The molecule has 3 aliphatic heterocycles. The van der Waals surface area contributed by atoms with Crippen molar-refractivity contribution in [3.63, 3.8) is 0 Å². The van der Waals surface area contributed by atoms with E-state index in [1.165, 1.54) is 4.90 Å². The van der Waals surface area contributed by atoms with Gasteiger partial charge >= 0.3 is 6.03 Å². The topological polar surface area (TPSA) is 80.3 Å². The monoisotopic (exact) mass is 282 g/mol. The maximum atomic E-state index is 12.1. The molecule has 3 rings (SSSR count). The zero-order valence-corrected chi connectivity index (χ0v) is 11.4. The molecule has 2 fully saturated rings. The molecule has 2 saturated heterocycles. The summed E-state index contributed by atoms with van der Waals surface area (Å²) in [6.45, 7) is 7.20. The lowest BCUT2D eigenvalue weighted by molar-refractivity contribution is -0.147. The van der Waals surface area contributed by atoms with Crippen LogP contribution in [-0.2, 0) is 14.2 Å². The van der Waals surface area contributed by atoms with Crippen LogP contribution in [0.15, 0.2) is 24.0 Å². The van der Waals surface area contributed by atoms with E-state index < -0.39 is 18.4 Å². The SMILES string of the molecule is C=C1NC(=O)N([C@@H]2O[C@H](CO)[C@H]3OC(C)O[C@H]32)C=C1C. The molecule has 20 heavy (non-hydrogen) atoms. The predicted octanol–water partition coefficient (Wildman–Crippen LogP) is 0.276. The standard InChI is InChI=1S/C13H18N2O5/c1-6-4-15(13(17)14-7(6)2)12-11-10(9(5-16)20-12)18-8(3)19-11/h4,8-12,16H,2,5H2,1,3H3,(H,14,17)/t8?,9-,10-,11-,12-/m1/s1. The molecule has 3 heterocycles. The fourth-order valence-corrected chi connectivity index (χ4v) is 2.69. The summed E-state index contributed by atoms with van der Waals surface area (Å²) in [4.78, 5) is 13.5. The Kier molecular flexibility index (Phi) is 3.29. The van der Waals surface area contributed by atoms with E-state index in [1.54, 1.807) is 13.1 Å². The van der Waals surface area contributed by atoms with Crippen LogP contribution in [0.2, 0.25) is 0 Å². The average Bonchev–Trinajstić information content (AvgIpc) is 2.91. The molecule has 0 aromatic carbocycles. The van der Waals surface area contributed by atoms with E-state index in [0.717, 1.165) is 5.57 Å². The summed E-state index contributed by atoms with van der Waals surface area (Å²) in [6, 6.07) is -0.328. The number of carbonyl (C=O) groups excluding carboxylic acids is 1. The number of aliphatic hydroxyl groups is 1. The fourth-order valence-electron chi connectivity index (χ4n) is 2.69. The summed E-state index contributed by atoms with van der Waals surface area (Å²) in [7, 11) is 0. The smallest absolute Gasteiger partial charge is 0.328 e. The molecule has 5 atom stereocenters. The van der Waals surface area contributed by atoms with Crippen molar-refractivity contribution in [3.05, 3.63) is 24.0 Å². The van der Waals surface area contributed by atoms with Gasteiger partial charge in [0.1, 0.15) is 18.3 Å². The first-order chi connectivity index (χ1) is 9.51. The lowest BCUT2D eigenvalue weighted by Gasteiger charge is -2.32. The lowest BCUT2D eigenvalue weighted by atomic mass is 10.1. The molecule has 0 radical (unpaired) electrons. The van der Waals surface area contributed by atoms with Crippen molar-refractivity contribution >= 4 is 6.03 Å². The van der Waals surface area contributed by atoms with Gasteiger partial charge in [0.15, 0.2) is 12.5 Å². The largest absolute Gasteiger partial charge is 0.394 e. The minimum absolute atomic E-state index is 0.182. The van der Waals surface area contributed by atoms with Crippen molar-refractivity contribution in [1.29, 1.82) is 0 Å². The van der Waals surface area contributed by atoms with Crippen LogP contribution < -0.4 is 5.32 Å². The van der Waals surface area contributed by atoms with Crippen LogP contribution in [0.3, 0.4) is 0 Å². The molecular formula is C13H18N2O5. The summed E-state index contributed by atoms with van der Waals surface area (Å²) >= 11 is 0. The third-order valence-corrected chi connectivity index (χ3v) is 3.74. The molecule has 7 nitrogen and oxygen atoms in total. The first-order valence-corrected chi connectivity index (χ1v) is 6.55. The third-order valence-electron chi connectivity index (χ3n) is 3.74. The Labute approximate surface area is 116 Å². The summed E-state index contributed by atoms with van der Waals surface area (Å²) < 4.78 is 17.0. The van der Waals surface area contributed by atoms with Crippen LogP contribution >= 0.6 is 0 Å². The van der Waals surface area contributed by atoms with E-state index in [2.05, 4.69) is 11.9 Å². The number of rotatable bonds is 2. The zero-order valence-electron chi connectivity index (χ0n) is 11.4. The molecule has 0 aromatic heterocycles. The number of fused-ring (bicyclic) bond motifs is 1. The van der Waals surface area contributed by atoms with Gasteiger partial charge in [0.05, 0.1) is 6.61 Å². The predicted molar refractivity (Wildman–Crippen MR) is 68.2 cm³/mol. The Morgan fingerprint density at radius 2 is 2.10 bits per heavy atom. The molecular weight excluding hydrogens is 264 g/mol. The van der Waals surface area contributed by atoms with E-state index in [-0.39, 0.29) is 25.0 Å². The van der Waals surface area contributed by atoms with E-state index in [0.29, 0.717) is 5.70 Å². The molecule has 2 amide bonds. The van der Waals surface area contributed by atoms with E-state index >= 15 is 0 Å². The van der Waals surface area contributed by atoms with Crippen molar-refractivity contribution in [3.8, 4) is 0 Å². The number of ether oxygens (including phenoxy) is 3. The van der Waals surface area contributed by atoms with Crippen LogP contribution in [0.1, 0.15) is 13.8 Å². The van der Waals surface area contributed by atoms with Gasteiger partial charge in [-0.25, -0.2) is 4.79 Å². The summed E-state index contributed by atoms with van der Waals surface area (Å²) in [5.41, 5.74) is 1.40. The van der Waals surface area contributed by atoms with Crippen molar-refractivity contribution < 1.29 is 24.1 Å².